The van der Waals surface area contributed by atoms with Crippen molar-refractivity contribution in [1.29, 1.82) is 0 Å². The fourth-order valence-electron chi connectivity index (χ4n) is 2.87. The minimum absolute atomic E-state index is 0.299. The number of para-hydroxylation sites is 2. The number of ether oxygens (including phenoxy) is 1. The van der Waals surface area contributed by atoms with Gasteiger partial charge in [0.1, 0.15) is 11.4 Å². The highest BCUT2D eigenvalue weighted by Crippen LogP contribution is 2.24. The minimum Gasteiger partial charge on any atom is -0.495 e. The lowest BCUT2D eigenvalue weighted by molar-refractivity contribution is 0.102. The van der Waals surface area contributed by atoms with Gasteiger partial charge < -0.3 is 15.0 Å². The Hall–Kier alpha value is -3.41. The maximum absolute atomic E-state index is 12.8. The number of benzene rings is 2. The number of aromatic nitrogens is 2. The normalized spacial score (nSPS) is 10.4. The molecule has 1 amide bonds. The Bertz CT molecular complexity index is 944. The Balaban J connectivity index is 1.84. The predicted molar refractivity (Wildman–Crippen MR) is 111 cm³/mol. The van der Waals surface area contributed by atoms with E-state index in [2.05, 4.69) is 27.4 Å². The van der Waals surface area contributed by atoms with Gasteiger partial charge in [-0.15, -0.1) is 0 Å². The van der Waals surface area contributed by atoms with Gasteiger partial charge in [0, 0.05) is 18.8 Å². The van der Waals surface area contributed by atoms with Gasteiger partial charge in [0.15, 0.2) is 0 Å². The standard InChI is InChI=1S/C22H24N4O2/c1-4-26(15-17-10-6-5-7-11-17)22-23-16(2)14-19(25-22)21(27)24-18-12-8-9-13-20(18)28-3/h5-14H,4,15H2,1-3H3,(H,24,27). The number of anilines is 2. The summed E-state index contributed by atoms with van der Waals surface area (Å²) in [7, 11) is 1.57. The molecule has 0 atom stereocenters. The van der Waals surface area contributed by atoms with Crippen LogP contribution in [0.4, 0.5) is 11.6 Å². The van der Waals surface area contributed by atoms with Crippen molar-refractivity contribution >= 4 is 17.5 Å². The van der Waals surface area contributed by atoms with E-state index in [0.29, 0.717) is 29.6 Å². The molecule has 0 spiro atoms. The lowest BCUT2D eigenvalue weighted by atomic mass is 10.2. The molecule has 0 unspecified atom stereocenters. The van der Waals surface area contributed by atoms with Crippen LogP contribution in [0.5, 0.6) is 5.75 Å². The molecule has 0 aliphatic heterocycles. The van der Waals surface area contributed by atoms with Crippen LogP contribution < -0.4 is 15.0 Å². The van der Waals surface area contributed by atoms with Crippen LogP contribution in [0.25, 0.3) is 0 Å². The molecule has 6 heteroatoms. The Labute approximate surface area is 165 Å². The second kappa shape index (κ2) is 8.99. The highest BCUT2D eigenvalue weighted by Gasteiger charge is 2.16. The van der Waals surface area contributed by atoms with Crippen LogP contribution in [0.2, 0.25) is 0 Å². The molecule has 0 bridgehead atoms. The summed E-state index contributed by atoms with van der Waals surface area (Å²) in [5.41, 5.74) is 2.82. The molecular formula is C22H24N4O2. The van der Waals surface area contributed by atoms with E-state index in [1.807, 2.05) is 49.1 Å². The zero-order valence-corrected chi connectivity index (χ0v) is 16.3. The van der Waals surface area contributed by atoms with Crippen LogP contribution in [-0.2, 0) is 6.54 Å². The number of amides is 1. The fraction of sp³-hybridized carbons (Fsp3) is 0.227. The molecule has 1 heterocycles. The van der Waals surface area contributed by atoms with Crippen molar-refractivity contribution in [2.24, 2.45) is 0 Å². The van der Waals surface area contributed by atoms with Crippen molar-refractivity contribution < 1.29 is 9.53 Å². The summed E-state index contributed by atoms with van der Waals surface area (Å²) in [6.07, 6.45) is 0. The molecule has 144 valence electrons. The average molecular weight is 376 g/mol. The quantitative estimate of drug-likeness (QED) is 0.673. The van der Waals surface area contributed by atoms with Gasteiger partial charge in [-0.3, -0.25) is 4.79 Å². The number of nitrogens with one attached hydrogen (secondary N) is 1. The van der Waals surface area contributed by atoms with Gasteiger partial charge >= 0.3 is 0 Å². The van der Waals surface area contributed by atoms with Crippen LogP contribution in [-0.4, -0.2) is 29.5 Å². The van der Waals surface area contributed by atoms with Crippen LogP contribution >= 0.6 is 0 Å². The first-order valence-corrected chi connectivity index (χ1v) is 9.19. The maximum atomic E-state index is 12.8. The average Bonchev–Trinajstić information content (AvgIpc) is 2.72. The van der Waals surface area contributed by atoms with E-state index in [1.165, 1.54) is 0 Å². The van der Waals surface area contributed by atoms with E-state index >= 15 is 0 Å². The van der Waals surface area contributed by atoms with E-state index in [0.717, 1.165) is 17.8 Å². The molecule has 0 saturated heterocycles. The van der Waals surface area contributed by atoms with E-state index in [1.54, 1.807) is 25.3 Å². The zero-order chi connectivity index (χ0) is 19.9. The number of aryl methyl sites for hydroxylation is 1. The third kappa shape index (κ3) is 4.65. The van der Waals surface area contributed by atoms with Crippen LogP contribution in [0.3, 0.4) is 0 Å². The molecule has 6 nitrogen and oxygen atoms in total. The molecular weight excluding hydrogens is 352 g/mol. The van der Waals surface area contributed by atoms with Crippen molar-refractivity contribution in [2.75, 3.05) is 23.9 Å². The van der Waals surface area contributed by atoms with Gasteiger partial charge in [0.2, 0.25) is 5.95 Å². The number of hydrogen-bond donors (Lipinski definition) is 1. The first-order valence-electron chi connectivity index (χ1n) is 9.19. The Morgan fingerprint density at radius 1 is 1.07 bits per heavy atom. The van der Waals surface area contributed by atoms with Crippen molar-refractivity contribution in [2.45, 2.75) is 20.4 Å². The first-order chi connectivity index (χ1) is 13.6. The smallest absolute Gasteiger partial charge is 0.274 e. The highest BCUT2D eigenvalue weighted by molar-refractivity contribution is 6.03. The number of methoxy groups -OCH3 is 1. The van der Waals surface area contributed by atoms with Gasteiger partial charge in [0.05, 0.1) is 12.8 Å². The molecule has 3 aromatic rings. The number of carbonyl (C=O) groups is 1. The summed E-state index contributed by atoms with van der Waals surface area (Å²) < 4.78 is 5.30. The molecule has 1 N–H and O–H groups in total. The van der Waals surface area contributed by atoms with Crippen molar-refractivity contribution in [3.05, 3.63) is 77.6 Å². The largest absolute Gasteiger partial charge is 0.495 e. The molecule has 28 heavy (non-hydrogen) atoms. The van der Waals surface area contributed by atoms with Gasteiger partial charge in [-0.05, 0) is 37.6 Å². The number of rotatable bonds is 7. The first kappa shape index (κ1) is 19.4. The second-order valence-corrected chi connectivity index (χ2v) is 6.35. The van der Waals surface area contributed by atoms with Crippen molar-refractivity contribution in [3.8, 4) is 5.75 Å². The summed E-state index contributed by atoms with van der Waals surface area (Å²) in [5, 5.41) is 2.87. The van der Waals surface area contributed by atoms with Gasteiger partial charge in [0.25, 0.3) is 5.91 Å². The molecule has 1 aromatic heterocycles. The van der Waals surface area contributed by atoms with Crippen LogP contribution in [0, 0.1) is 6.92 Å². The second-order valence-electron chi connectivity index (χ2n) is 6.35. The lowest BCUT2D eigenvalue weighted by Crippen LogP contribution is -2.26. The van der Waals surface area contributed by atoms with E-state index in [4.69, 9.17) is 4.74 Å². The number of carbonyl (C=O) groups excluding carboxylic acids is 1. The van der Waals surface area contributed by atoms with Crippen LogP contribution in [0.1, 0.15) is 28.7 Å². The Morgan fingerprint density at radius 2 is 1.79 bits per heavy atom. The Morgan fingerprint density at radius 3 is 2.50 bits per heavy atom. The third-order valence-corrected chi connectivity index (χ3v) is 4.31. The molecule has 0 fully saturated rings. The van der Waals surface area contributed by atoms with Crippen molar-refractivity contribution in [1.82, 2.24) is 9.97 Å². The lowest BCUT2D eigenvalue weighted by Gasteiger charge is -2.21. The molecule has 2 aromatic carbocycles. The number of nitrogens with zero attached hydrogens (tertiary/aromatic N) is 3. The molecule has 3 rings (SSSR count). The summed E-state index contributed by atoms with van der Waals surface area (Å²) in [5.74, 6) is 0.838. The molecule has 0 radical (unpaired) electrons. The maximum Gasteiger partial charge on any atom is 0.274 e. The van der Waals surface area contributed by atoms with Gasteiger partial charge in [-0.1, -0.05) is 42.5 Å². The minimum atomic E-state index is -0.299. The predicted octanol–water partition coefficient (Wildman–Crippen LogP) is 4.07. The summed E-state index contributed by atoms with van der Waals surface area (Å²) in [6.45, 7) is 5.31. The molecule has 0 aliphatic rings. The van der Waals surface area contributed by atoms with Crippen LogP contribution in [0.15, 0.2) is 60.7 Å². The zero-order valence-electron chi connectivity index (χ0n) is 16.3. The molecule has 0 aliphatic carbocycles. The fourth-order valence-corrected chi connectivity index (χ4v) is 2.87. The summed E-state index contributed by atoms with van der Waals surface area (Å²) in [4.78, 5) is 23.9. The molecule has 0 saturated carbocycles. The highest BCUT2D eigenvalue weighted by atomic mass is 16.5. The summed E-state index contributed by atoms with van der Waals surface area (Å²) in [6, 6.07) is 19.1. The number of hydrogen-bond acceptors (Lipinski definition) is 5. The SMILES string of the molecule is CCN(Cc1ccccc1)c1nc(C)cc(C(=O)Nc2ccccc2OC)n1. The summed E-state index contributed by atoms with van der Waals surface area (Å²) >= 11 is 0. The monoisotopic (exact) mass is 376 g/mol. The topological polar surface area (TPSA) is 67.4 Å². The van der Waals surface area contributed by atoms with E-state index in [9.17, 15) is 4.79 Å². The van der Waals surface area contributed by atoms with Gasteiger partial charge in [-0.25, -0.2) is 9.97 Å². The van der Waals surface area contributed by atoms with E-state index < -0.39 is 0 Å². The van der Waals surface area contributed by atoms with Gasteiger partial charge in [-0.2, -0.15) is 0 Å². The Kier molecular flexibility index (Phi) is 6.22. The van der Waals surface area contributed by atoms with E-state index in [-0.39, 0.29) is 5.91 Å². The van der Waals surface area contributed by atoms with Crippen molar-refractivity contribution in [3.63, 3.8) is 0 Å². The third-order valence-electron chi connectivity index (χ3n) is 4.31.